The van der Waals surface area contributed by atoms with Crippen molar-refractivity contribution in [2.75, 3.05) is 0 Å². The third-order valence-electron chi connectivity index (χ3n) is 2.31. The summed E-state index contributed by atoms with van der Waals surface area (Å²) in [5.41, 5.74) is 0.461. The fourth-order valence-corrected chi connectivity index (χ4v) is 1.22. The fraction of sp³-hybridized carbons (Fsp3) is 0.600. The molecule has 0 aromatic carbocycles. The maximum absolute atomic E-state index is 9.83. The summed E-state index contributed by atoms with van der Waals surface area (Å²) in [6, 6.07) is 0. The summed E-state index contributed by atoms with van der Waals surface area (Å²) in [4.78, 5) is 0. The number of aliphatic hydroxyl groups is 1. The first-order valence-electron chi connectivity index (χ1n) is 4.26. The van der Waals surface area contributed by atoms with Crippen molar-refractivity contribution < 1.29 is 5.11 Å². The summed E-state index contributed by atoms with van der Waals surface area (Å²) in [5, 5.41) is 9.83. The third-order valence-corrected chi connectivity index (χ3v) is 2.31. The van der Waals surface area contributed by atoms with Crippen molar-refractivity contribution in [2.24, 2.45) is 0 Å². The van der Waals surface area contributed by atoms with E-state index in [-0.39, 0.29) is 0 Å². The van der Waals surface area contributed by atoms with Crippen molar-refractivity contribution in [2.45, 2.75) is 38.7 Å². The molecule has 0 aromatic heterocycles. The number of hydrogen-bond acceptors (Lipinski definition) is 1. The van der Waals surface area contributed by atoms with E-state index in [1.54, 1.807) is 0 Å². The zero-order valence-electron chi connectivity index (χ0n) is 7.30. The Morgan fingerprint density at radius 3 is 2.73 bits per heavy atom. The van der Waals surface area contributed by atoms with Crippen LogP contribution in [0.1, 0.15) is 33.1 Å². The first-order chi connectivity index (χ1) is 5.17. The molecular formula is C10H16O. The molecule has 0 saturated heterocycles. The van der Waals surface area contributed by atoms with Crippen molar-refractivity contribution in [3.63, 3.8) is 0 Å². The van der Waals surface area contributed by atoms with Crippen molar-refractivity contribution in [3.8, 4) is 0 Å². The lowest BCUT2D eigenvalue weighted by Crippen LogP contribution is -2.25. The molecule has 1 N–H and O–H groups in total. The second-order valence-electron chi connectivity index (χ2n) is 3.27. The Morgan fingerprint density at radius 2 is 2.27 bits per heavy atom. The predicted molar refractivity (Wildman–Crippen MR) is 47.4 cm³/mol. The molecule has 1 nitrogen and oxygen atoms in total. The lowest BCUT2D eigenvalue weighted by molar-refractivity contribution is 0.0976. The highest BCUT2D eigenvalue weighted by Gasteiger charge is 2.21. The van der Waals surface area contributed by atoms with Crippen LogP contribution in [0.25, 0.3) is 0 Å². The minimum atomic E-state index is -0.614. The van der Waals surface area contributed by atoms with Crippen LogP contribution in [0.5, 0.6) is 0 Å². The molecule has 0 aromatic rings. The van der Waals surface area contributed by atoms with Gasteiger partial charge in [-0.3, -0.25) is 0 Å². The van der Waals surface area contributed by atoms with Gasteiger partial charge >= 0.3 is 0 Å². The van der Waals surface area contributed by atoms with Gasteiger partial charge in [0, 0.05) is 0 Å². The average Bonchev–Trinajstić information content (AvgIpc) is 2.06. The minimum absolute atomic E-state index is 0.614. The third kappa shape index (κ3) is 1.93. The topological polar surface area (TPSA) is 20.2 Å². The second-order valence-corrected chi connectivity index (χ2v) is 3.27. The molecular weight excluding hydrogens is 136 g/mol. The highest BCUT2D eigenvalue weighted by molar-refractivity contribution is 5.30. The van der Waals surface area contributed by atoms with E-state index >= 15 is 0 Å². The first kappa shape index (κ1) is 8.54. The molecule has 1 aliphatic rings. The van der Waals surface area contributed by atoms with Crippen LogP contribution in [0.15, 0.2) is 23.8 Å². The number of hydrogen-bond donors (Lipinski definition) is 1. The van der Waals surface area contributed by atoms with Crippen LogP contribution in [0.3, 0.4) is 0 Å². The van der Waals surface area contributed by atoms with Gasteiger partial charge in [-0.15, -0.1) is 0 Å². The van der Waals surface area contributed by atoms with Gasteiger partial charge in [0.1, 0.15) is 0 Å². The highest BCUT2D eigenvalue weighted by Crippen LogP contribution is 2.24. The van der Waals surface area contributed by atoms with Crippen LogP contribution < -0.4 is 0 Å². The van der Waals surface area contributed by atoms with E-state index in [1.807, 2.05) is 19.9 Å². The minimum Gasteiger partial charge on any atom is -0.385 e. The van der Waals surface area contributed by atoms with Crippen LogP contribution in [0.2, 0.25) is 0 Å². The van der Waals surface area contributed by atoms with E-state index in [4.69, 9.17) is 0 Å². The quantitative estimate of drug-likeness (QED) is 0.644. The normalized spacial score (nSPS) is 22.6. The fourth-order valence-electron chi connectivity index (χ4n) is 1.22. The average molecular weight is 152 g/mol. The van der Waals surface area contributed by atoms with Gasteiger partial charge in [0.05, 0.1) is 5.60 Å². The molecule has 0 bridgehead atoms. The van der Waals surface area contributed by atoms with Crippen molar-refractivity contribution in [1.82, 2.24) is 0 Å². The molecule has 62 valence electrons. The lowest BCUT2D eigenvalue weighted by Gasteiger charge is -2.24. The Bertz CT molecular complexity index is 187. The summed E-state index contributed by atoms with van der Waals surface area (Å²) in [5.74, 6) is 0. The monoisotopic (exact) mass is 152 g/mol. The summed E-state index contributed by atoms with van der Waals surface area (Å²) in [7, 11) is 0. The van der Waals surface area contributed by atoms with Gasteiger partial charge in [-0.1, -0.05) is 25.2 Å². The first-order valence-corrected chi connectivity index (χ1v) is 4.26. The maximum atomic E-state index is 9.83. The van der Waals surface area contributed by atoms with Crippen molar-refractivity contribution in [1.29, 1.82) is 0 Å². The Balaban J connectivity index is 2.73. The molecule has 0 heterocycles. The van der Waals surface area contributed by atoms with Gasteiger partial charge < -0.3 is 5.11 Å². The van der Waals surface area contributed by atoms with Crippen LogP contribution >= 0.6 is 0 Å². The molecule has 0 fully saturated rings. The Kier molecular flexibility index (Phi) is 2.50. The molecule has 0 aliphatic heterocycles. The molecule has 1 heteroatoms. The SMILES string of the molecule is CCC(C)(O)C1=CCCC=C1. The van der Waals surface area contributed by atoms with E-state index in [0.29, 0.717) is 0 Å². The van der Waals surface area contributed by atoms with Crippen molar-refractivity contribution in [3.05, 3.63) is 23.8 Å². The largest absolute Gasteiger partial charge is 0.385 e. The molecule has 0 amide bonds. The highest BCUT2D eigenvalue weighted by atomic mass is 16.3. The molecule has 1 rings (SSSR count). The van der Waals surface area contributed by atoms with Gasteiger partial charge in [-0.2, -0.15) is 0 Å². The Labute approximate surface area is 68.4 Å². The molecule has 0 saturated carbocycles. The number of allylic oxidation sites excluding steroid dienone is 2. The molecule has 1 unspecified atom stereocenters. The van der Waals surface area contributed by atoms with Crippen LogP contribution in [0, 0.1) is 0 Å². The molecule has 11 heavy (non-hydrogen) atoms. The smallest absolute Gasteiger partial charge is 0.0862 e. The van der Waals surface area contributed by atoms with Gasteiger partial charge in [-0.05, 0) is 31.8 Å². The van der Waals surface area contributed by atoms with Crippen LogP contribution in [-0.4, -0.2) is 10.7 Å². The maximum Gasteiger partial charge on any atom is 0.0862 e. The summed E-state index contributed by atoms with van der Waals surface area (Å²) in [6.07, 6.45) is 9.25. The van der Waals surface area contributed by atoms with Gasteiger partial charge in [0.25, 0.3) is 0 Å². The lowest BCUT2D eigenvalue weighted by atomic mass is 9.89. The van der Waals surface area contributed by atoms with E-state index in [2.05, 4.69) is 12.2 Å². The summed E-state index contributed by atoms with van der Waals surface area (Å²) >= 11 is 0. The summed E-state index contributed by atoms with van der Waals surface area (Å²) < 4.78 is 0. The van der Waals surface area contributed by atoms with Gasteiger partial charge in [-0.25, -0.2) is 0 Å². The van der Waals surface area contributed by atoms with E-state index in [9.17, 15) is 5.11 Å². The molecule has 1 aliphatic carbocycles. The van der Waals surface area contributed by atoms with Gasteiger partial charge in [0.2, 0.25) is 0 Å². The van der Waals surface area contributed by atoms with E-state index < -0.39 is 5.60 Å². The van der Waals surface area contributed by atoms with E-state index in [0.717, 1.165) is 24.8 Å². The second kappa shape index (κ2) is 3.22. The Morgan fingerprint density at radius 1 is 1.55 bits per heavy atom. The standard InChI is InChI=1S/C10H16O/c1-3-10(2,11)9-7-5-4-6-8-9/h5,7-8,11H,3-4,6H2,1-2H3. The number of rotatable bonds is 2. The van der Waals surface area contributed by atoms with Gasteiger partial charge in [0.15, 0.2) is 0 Å². The molecule has 0 spiro atoms. The zero-order valence-corrected chi connectivity index (χ0v) is 7.30. The predicted octanol–water partition coefficient (Wildman–Crippen LogP) is 2.42. The molecule has 0 radical (unpaired) electrons. The van der Waals surface area contributed by atoms with Crippen LogP contribution in [-0.2, 0) is 0 Å². The molecule has 1 atom stereocenters. The summed E-state index contributed by atoms with van der Waals surface area (Å²) in [6.45, 7) is 3.87. The Hall–Kier alpha value is -0.560. The van der Waals surface area contributed by atoms with E-state index in [1.165, 1.54) is 0 Å². The van der Waals surface area contributed by atoms with Crippen molar-refractivity contribution >= 4 is 0 Å². The van der Waals surface area contributed by atoms with Crippen LogP contribution in [0.4, 0.5) is 0 Å². The zero-order chi connectivity index (χ0) is 8.32.